The van der Waals surface area contributed by atoms with Gasteiger partial charge in [-0.15, -0.1) is 0 Å². The number of benzene rings is 2. The van der Waals surface area contributed by atoms with E-state index in [2.05, 4.69) is 15.1 Å². The Labute approximate surface area is 232 Å². The van der Waals surface area contributed by atoms with Crippen LogP contribution < -0.4 is 9.64 Å². The average molecular weight is 571 g/mol. The van der Waals surface area contributed by atoms with E-state index in [1.54, 1.807) is 25.7 Å². The number of ether oxygens (including phenoxy) is 2. The number of rotatable bonds is 1. The maximum absolute atomic E-state index is 16.3. The highest BCUT2D eigenvalue weighted by Crippen LogP contribution is 2.49. The lowest BCUT2D eigenvalue weighted by Gasteiger charge is -2.41. The molecule has 2 aliphatic heterocycles. The summed E-state index contributed by atoms with van der Waals surface area (Å²) < 4.78 is 44.5. The monoisotopic (exact) mass is 570 g/mol. The molecular weight excluding hydrogens is 546 g/mol. The van der Waals surface area contributed by atoms with E-state index in [1.807, 2.05) is 4.90 Å². The van der Waals surface area contributed by atoms with E-state index >= 15 is 8.78 Å². The summed E-state index contributed by atoms with van der Waals surface area (Å²) in [6, 6.07) is 2.19. The van der Waals surface area contributed by atoms with Crippen molar-refractivity contribution in [3.8, 4) is 16.9 Å². The van der Waals surface area contributed by atoms with E-state index in [-0.39, 0.29) is 63.3 Å². The molecule has 1 amide bonds. The highest BCUT2D eigenvalue weighted by Gasteiger charge is 2.38. The minimum Gasteiger partial charge on any atom is -0.489 e. The Morgan fingerprint density at radius 3 is 2.65 bits per heavy atom. The first-order valence-corrected chi connectivity index (χ1v) is 13.0. The van der Waals surface area contributed by atoms with Crippen LogP contribution in [0.25, 0.3) is 32.9 Å². The van der Waals surface area contributed by atoms with Crippen LogP contribution in [0.2, 0.25) is 5.02 Å². The fourth-order valence-electron chi connectivity index (χ4n) is 5.29. The number of amides is 1. The first kappa shape index (κ1) is 26.2. The number of hydrogen-bond acceptors (Lipinski definition) is 8. The van der Waals surface area contributed by atoms with E-state index < -0.39 is 23.3 Å². The fourth-order valence-corrected chi connectivity index (χ4v) is 5.62. The van der Waals surface area contributed by atoms with Gasteiger partial charge < -0.3 is 19.3 Å². The number of piperazine rings is 1. The van der Waals surface area contributed by atoms with Gasteiger partial charge in [0.15, 0.2) is 11.6 Å². The molecule has 4 heterocycles. The van der Waals surface area contributed by atoms with Crippen molar-refractivity contribution in [3.05, 3.63) is 41.3 Å². The molecule has 2 aliphatic rings. The Morgan fingerprint density at radius 2 is 1.93 bits per heavy atom. The van der Waals surface area contributed by atoms with E-state index in [1.165, 1.54) is 25.5 Å². The van der Waals surface area contributed by atoms with Gasteiger partial charge in [-0.2, -0.15) is 5.10 Å². The zero-order valence-electron chi connectivity index (χ0n) is 22.2. The van der Waals surface area contributed by atoms with E-state index in [9.17, 15) is 9.59 Å². The summed E-state index contributed by atoms with van der Waals surface area (Å²) in [6.45, 7) is 7.82. The minimum absolute atomic E-state index is 0.0878. The van der Waals surface area contributed by atoms with Crippen LogP contribution in [-0.2, 0) is 4.74 Å². The second-order valence-corrected chi connectivity index (χ2v) is 11.1. The minimum atomic E-state index is -0.858. The van der Waals surface area contributed by atoms with Gasteiger partial charge in [0.05, 0.1) is 28.2 Å². The predicted octanol–water partition coefficient (Wildman–Crippen LogP) is 5.06. The Kier molecular flexibility index (Phi) is 6.06. The summed E-state index contributed by atoms with van der Waals surface area (Å²) in [5.74, 6) is -1.49. The van der Waals surface area contributed by atoms with Gasteiger partial charge in [-0.1, -0.05) is 11.6 Å². The van der Waals surface area contributed by atoms with E-state index in [4.69, 9.17) is 21.1 Å². The lowest BCUT2D eigenvalue weighted by Crippen LogP contribution is -2.57. The number of carbonyl (C=O) groups excluding carboxylic acids is 2. The van der Waals surface area contributed by atoms with Gasteiger partial charge >= 0.3 is 6.09 Å². The van der Waals surface area contributed by atoms with Crippen molar-refractivity contribution < 1.29 is 27.8 Å². The number of hydrogen-bond donors (Lipinski definition) is 0. The third-order valence-corrected chi connectivity index (χ3v) is 7.34. The summed E-state index contributed by atoms with van der Waals surface area (Å²) in [7, 11) is 0. The third kappa shape index (κ3) is 4.09. The van der Waals surface area contributed by atoms with Gasteiger partial charge in [0.25, 0.3) is 0 Å². The number of halogens is 3. The van der Waals surface area contributed by atoms with Gasteiger partial charge in [0.2, 0.25) is 5.91 Å². The molecule has 0 N–H and O–H groups in total. The van der Waals surface area contributed by atoms with E-state index in [0.29, 0.717) is 24.4 Å². The van der Waals surface area contributed by atoms with Crippen molar-refractivity contribution in [3.63, 3.8) is 0 Å². The molecule has 13 heteroatoms. The zero-order chi connectivity index (χ0) is 28.5. The van der Waals surface area contributed by atoms with Crippen LogP contribution in [0.3, 0.4) is 0 Å². The first-order chi connectivity index (χ1) is 19.0. The number of carbonyl (C=O) groups is 2. The summed E-state index contributed by atoms with van der Waals surface area (Å²) >= 11 is 6.81. The van der Waals surface area contributed by atoms with Crippen LogP contribution in [0.15, 0.2) is 24.7 Å². The van der Waals surface area contributed by atoms with Gasteiger partial charge in [-0.25, -0.2) is 28.2 Å². The maximum Gasteiger partial charge on any atom is 0.410 e. The van der Waals surface area contributed by atoms with Crippen LogP contribution in [0.5, 0.6) is 5.75 Å². The Hall–Kier alpha value is -4.06. The van der Waals surface area contributed by atoms with Crippen LogP contribution >= 0.6 is 11.6 Å². The van der Waals surface area contributed by atoms with Crippen LogP contribution in [-0.4, -0.2) is 74.5 Å². The summed E-state index contributed by atoms with van der Waals surface area (Å²) in [4.78, 5) is 36.9. The van der Waals surface area contributed by atoms with Gasteiger partial charge in [-0.05, 0) is 32.9 Å². The lowest BCUT2D eigenvalue weighted by molar-refractivity contribution is 0.0202. The molecule has 2 aromatic heterocycles. The molecule has 10 nitrogen and oxygen atoms in total. The second kappa shape index (κ2) is 9.26. The smallest absolute Gasteiger partial charge is 0.410 e. The molecular formula is C27H25ClF2N6O4. The van der Waals surface area contributed by atoms with Gasteiger partial charge in [0.1, 0.15) is 35.7 Å². The summed E-state index contributed by atoms with van der Waals surface area (Å²) in [5.41, 5.74) is -0.856. The number of nitrogens with zero attached hydrogens (tertiary/aromatic N) is 6. The largest absolute Gasteiger partial charge is 0.489 e. The fraction of sp³-hybridized carbons (Fsp3) is 0.370. The van der Waals surface area contributed by atoms with E-state index in [0.717, 1.165) is 10.7 Å². The van der Waals surface area contributed by atoms with Gasteiger partial charge in [0, 0.05) is 43.1 Å². The molecule has 0 spiro atoms. The molecule has 0 radical (unpaired) electrons. The average Bonchev–Trinajstić information content (AvgIpc) is 3.25. The molecule has 2 aromatic carbocycles. The molecule has 0 aliphatic carbocycles. The number of aromatic nitrogens is 4. The highest BCUT2D eigenvalue weighted by molar-refractivity contribution is 6.37. The normalized spacial score (nSPS) is 17.0. The lowest BCUT2D eigenvalue weighted by atomic mass is 9.98. The molecule has 0 bridgehead atoms. The highest BCUT2D eigenvalue weighted by atomic mass is 35.5. The molecule has 0 saturated carbocycles. The zero-order valence-corrected chi connectivity index (χ0v) is 22.9. The first-order valence-electron chi connectivity index (χ1n) is 12.7. The van der Waals surface area contributed by atoms with Gasteiger partial charge in [-0.3, -0.25) is 4.79 Å². The second-order valence-electron chi connectivity index (χ2n) is 10.8. The van der Waals surface area contributed by atoms with Crippen LogP contribution in [0.4, 0.5) is 19.4 Å². The molecule has 1 atom stereocenters. The van der Waals surface area contributed by atoms with Crippen LogP contribution in [0.1, 0.15) is 32.5 Å². The third-order valence-electron chi connectivity index (χ3n) is 6.98. The molecule has 40 heavy (non-hydrogen) atoms. The topological polar surface area (TPSA) is 103 Å². The Morgan fingerprint density at radius 1 is 1.15 bits per heavy atom. The summed E-state index contributed by atoms with van der Waals surface area (Å²) in [6.07, 6.45) is 2.09. The van der Waals surface area contributed by atoms with Crippen molar-refractivity contribution in [2.45, 2.75) is 39.3 Å². The van der Waals surface area contributed by atoms with Crippen molar-refractivity contribution in [2.75, 3.05) is 31.1 Å². The maximum atomic E-state index is 16.3. The number of fused-ring (bicyclic) bond motifs is 3. The van der Waals surface area contributed by atoms with Crippen molar-refractivity contribution in [1.29, 1.82) is 0 Å². The molecule has 1 fully saturated rings. The predicted molar refractivity (Wildman–Crippen MR) is 144 cm³/mol. The van der Waals surface area contributed by atoms with Crippen molar-refractivity contribution in [1.82, 2.24) is 24.6 Å². The number of anilines is 1. The van der Waals surface area contributed by atoms with Crippen LogP contribution in [0, 0.1) is 11.6 Å². The van der Waals surface area contributed by atoms with Crippen molar-refractivity contribution in [2.24, 2.45) is 0 Å². The standard InChI is InChI=1S/C27H25ClF2N6O4/c1-13(37)36-17-6-5-16(29)18(15(17)9-33-36)19-21(28)24-20-23(22(19)30)31-12-32-25(20)35-8-7-34(10-14(35)11-39-24)26(38)40-27(2,3)4/h5-6,9,12,14H,7-8,10-11H2,1-4H3/t14-/m0/s1. The van der Waals surface area contributed by atoms with Crippen molar-refractivity contribution >= 4 is 51.2 Å². The molecule has 6 rings (SSSR count). The molecule has 4 aromatic rings. The quantitative estimate of drug-likeness (QED) is 0.313. The SMILES string of the molecule is CC(=O)n1ncc2c(-c3c(Cl)c4c5c(ncnc5c3F)N3CCN(C(=O)OC(C)(C)C)C[C@H]3CO4)c(F)ccc21. The Bertz CT molecular complexity index is 1720. The molecule has 1 saturated heterocycles. The summed E-state index contributed by atoms with van der Waals surface area (Å²) in [5, 5.41) is 4.35. The molecule has 0 unspecified atom stereocenters. The molecule has 208 valence electrons. The Balaban J connectivity index is 1.49.